The number of ether oxygens (including phenoxy) is 1. The second-order valence-electron chi connectivity index (χ2n) is 9.67. The monoisotopic (exact) mass is 476 g/mol. The van der Waals surface area contributed by atoms with E-state index in [9.17, 15) is 9.59 Å². The second kappa shape index (κ2) is 10.3. The fourth-order valence-corrected chi connectivity index (χ4v) is 5.02. The maximum atomic E-state index is 13.5. The zero-order chi connectivity index (χ0) is 23.5. The van der Waals surface area contributed by atoms with Gasteiger partial charge in [-0.3, -0.25) is 9.59 Å². The molecule has 1 unspecified atom stereocenters. The summed E-state index contributed by atoms with van der Waals surface area (Å²) in [6, 6.07) is 9.14. The van der Waals surface area contributed by atoms with Gasteiger partial charge in [-0.2, -0.15) is 0 Å². The van der Waals surface area contributed by atoms with E-state index in [1.54, 1.807) is 28.4 Å². The lowest BCUT2D eigenvalue weighted by atomic mass is 9.99. The van der Waals surface area contributed by atoms with Crippen LogP contribution in [0.15, 0.2) is 35.7 Å². The standard InChI is InChI=1S/C25H33ClN2O3S/c1-17(2)14-23(29)28(25(3,4)5)15-24(30)27-12-10-22-20(11-13-32-22)21(27)16-31-19-8-6-18(26)7-9-19/h6-9,11,13,17,21H,10,12,14-16H2,1-5H3. The van der Waals surface area contributed by atoms with Crippen LogP contribution in [0.5, 0.6) is 5.75 Å². The number of fused-ring (bicyclic) bond motifs is 1. The molecule has 0 bridgehead atoms. The summed E-state index contributed by atoms with van der Waals surface area (Å²) in [5.74, 6) is 0.931. The van der Waals surface area contributed by atoms with Crippen molar-refractivity contribution in [1.29, 1.82) is 0 Å². The first-order valence-corrected chi connectivity index (χ1v) is 12.4. The fourth-order valence-electron chi connectivity index (χ4n) is 3.97. The van der Waals surface area contributed by atoms with E-state index in [1.165, 1.54) is 4.88 Å². The highest BCUT2D eigenvalue weighted by atomic mass is 35.5. The number of rotatable bonds is 7. The van der Waals surface area contributed by atoms with Crippen molar-refractivity contribution in [2.75, 3.05) is 19.7 Å². The Bertz CT molecular complexity index is 933. The van der Waals surface area contributed by atoms with Crippen molar-refractivity contribution in [3.05, 3.63) is 51.2 Å². The summed E-state index contributed by atoms with van der Waals surface area (Å²) in [5.41, 5.74) is 0.708. The third-order valence-electron chi connectivity index (χ3n) is 5.62. The predicted octanol–water partition coefficient (Wildman–Crippen LogP) is 5.58. The molecule has 0 N–H and O–H groups in total. The molecule has 3 rings (SSSR count). The minimum absolute atomic E-state index is 0.0167. The van der Waals surface area contributed by atoms with Crippen molar-refractivity contribution in [2.24, 2.45) is 5.92 Å². The highest BCUT2D eigenvalue weighted by molar-refractivity contribution is 7.10. The van der Waals surface area contributed by atoms with Crippen LogP contribution >= 0.6 is 22.9 Å². The zero-order valence-electron chi connectivity index (χ0n) is 19.6. The Hall–Kier alpha value is -2.05. The maximum Gasteiger partial charge on any atom is 0.242 e. The molecule has 0 aliphatic carbocycles. The van der Waals surface area contributed by atoms with Gasteiger partial charge in [-0.15, -0.1) is 11.3 Å². The summed E-state index contributed by atoms with van der Waals surface area (Å²) < 4.78 is 6.05. The summed E-state index contributed by atoms with van der Waals surface area (Å²) in [5, 5.41) is 2.72. The average Bonchev–Trinajstić information content (AvgIpc) is 3.18. The Morgan fingerprint density at radius 1 is 1.22 bits per heavy atom. The lowest BCUT2D eigenvalue weighted by Crippen LogP contribution is -2.53. The molecule has 2 aromatic rings. The van der Waals surface area contributed by atoms with Crippen molar-refractivity contribution >= 4 is 34.8 Å². The molecule has 0 radical (unpaired) electrons. The molecular formula is C25H33ClN2O3S. The van der Waals surface area contributed by atoms with E-state index in [0.29, 0.717) is 30.3 Å². The van der Waals surface area contributed by atoms with Crippen LogP contribution < -0.4 is 4.74 Å². The zero-order valence-corrected chi connectivity index (χ0v) is 21.1. The minimum atomic E-state index is -0.430. The van der Waals surface area contributed by atoms with E-state index < -0.39 is 5.54 Å². The van der Waals surface area contributed by atoms with E-state index in [4.69, 9.17) is 16.3 Å². The van der Waals surface area contributed by atoms with Crippen LogP contribution in [0.3, 0.4) is 0 Å². The molecule has 0 saturated carbocycles. The first kappa shape index (κ1) is 24.6. The Morgan fingerprint density at radius 2 is 1.91 bits per heavy atom. The number of halogens is 1. The van der Waals surface area contributed by atoms with Gasteiger partial charge in [-0.1, -0.05) is 25.4 Å². The second-order valence-corrected chi connectivity index (χ2v) is 11.1. The number of hydrogen-bond acceptors (Lipinski definition) is 4. The van der Waals surface area contributed by atoms with Gasteiger partial charge in [0.25, 0.3) is 0 Å². The molecule has 0 fully saturated rings. The molecule has 0 spiro atoms. The van der Waals surface area contributed by atoms with E-state index in [0.717, 1.165) is 12.0 Å². The highest BCUT2D eigenvalue weighted by Crippen LogP contribution is 2.34. The molecule has 0 saturated heterocycles. The van der Waals surface area contributed by atoms with E-state index in [1.807, 2.05) is 51.7 Å². The molecule has 174 valence electrons. The third kappa shape index (κ3) is 6.04. The summed E-state index contributed by atoms with van der Waals surface area (Å²) in [4.78, 5) is 31.3. The molecule has 1 atom stereocenters. The average molecular weight is 477 g/mol. The van der Waals surface area contributed by atoms with Gasteiger partial charge in [0, 0.05) is 28.4 Å². The van der Waals surface area contributed by atoms with Crippen LogP contribution in [0, 0.1) is 5.92 Å². The predicted molar refractivity (Wildman–Crippen MR) is 130 cm³/mol. The van der Waals surface area contributed by atoms with Crippen molar-refractivity contribution in [1.82, 2.24) is 9.80 Å². The fraction of sp³-hybridized carbons (Fsp3) is 0.520. The van der Waals surface area contributed by atoms with Gasteiger partial charge in [-0.05, 0) is 74.4 Å². The SMILES string of the molecule is CC(C)CC(=O)N(CC(=O)N1CCc2sccc2C1COc1ccc(Cl)cc1)C(C)(C)C. The van der Waals surface area contributed by atoms with Crippen LogP contribution in [-0.4, -0.2) is 46.8 Å². The third-order valence-corrected chi connectivity index (χ3v) is 6.87. The van der Waals surface area contributed by atoms with Crippen LogP contribution in [0.25, 0.3) is 0 Å². The molecular weight excluding hydrogens is 444 g/mol. The minimum Gasteiger partial charge on any atom is -0.491 e. The van der Waals surface area contributed by atoms with Gasteiger partial charge in [0.1, 0.15) is 18.9 Å². The number of carbonyl (C=O) groups excluding carboxylic acids is 2. The normalized spacial score (nSPS) is 16.1. The van der Waals surface area contributed by atoms with Crippen molar-refractivity contribution < 1.29 is 14.3 Å². The Labute approximate surface area is 200 Å². The molecule has 5 nitrogen and oxygen atoms in total. The summed E-state index contributed by atoms with van der Waals surface area (Å²) in [6.45, 7) is 11.0. The molecule has 1 aromatic carbocycles. The van der Waals surface area contributed by atoms with Gasteiger partial charge in [0.05, 0.1) is 6.04 Å². The van der Waals surface area contributed by atoms with Gasteiger partial charge in [0.2, 0.25) is 11.8 Å². The van der Waals surface area contributed by atoms with Crippen molar-refractivity contribution in [3.63, 3.8) is 0 Å². The highest BCUT2D eigenvalue weighted by Gasteiger charge is 2.35. The van der Waals surface area contributed by atoms with E-state index in [-0.39, 0.29) is 30.3 Å². The van der Waals surface area contributed by atoms with Crippen LogP contribution in [0.4, 0.5) is 0 Å². The van der Waals surface area contributed by atoms with Gasteiger partial charge < -0.3 is 14.5 Å². The maximum absolute atomic E-state index is 13.5. The molecule has 1 aliphatic heterocycles. The number of nitrogens with zero attached hydrogens (tertiary/aromatic N) is 2. The lowest BCUT2D eigenvalue weighted by molar-refractivity contribution is -0.147. The number of carbonyl (C=O) groups is 2. The molecule has 1 aliphatic rings. The van der Waals surface area contributed by atoms with Crippen LogP contribution in [-0.2, 0) is 16.0 Å². The van der Waals surface area contributed by atoms with E-state index >= 15 is 0 Å². The van der Waals surface area contributed by atoms with E-state index in [2.05, 4.69) is 11.4 Å². The Morgan fingerprint density at radius 3 is 2.53 bits per heavy atom. The number of benzene rings is 1. The smallest absolute Gasteiger partial charge is 0.242 e. The van der Waals surface area contributed by atoms with Gasteiger partial charge >= 0.3 is 0 Å². The number of thiophene rings is 1. The summed E-state index contributed by atoms with van der Waals surface area (Å²) in [6.07, 6.45) is 1.26. The van der Waals surface area contributed by atoms with Crippen LogP contribution in [0.1, 0.15) is 57.5 Å². The van der Waals surface area contributed by atoms with Crippen molar-refractivity contribution in [3.8, 4) is 5.75 Å². The molecule has 2 amide bonds. The Kier molecular flexibility index (Phi) is 7.88. The molecule has 1 aromatic heterocycles. The molecule has 2 heterocycles. The van der Waals surface area contributed by atoms with Gasteiger partial charge in [-0.25, -0.2) is 0 Å². The summed E-state index contributed by atoms with van der Waals surface area (Å²) in [7, 11) is 0. The first-order valence-electron chi connectivity index (χ1n) is 11.1. The van der Waals surface area contributed by atoms with Crippen molar-refractivity contribution in [2.45, 2.75) is 59.0 Å². The van der Waals surface area contributed by atoms with Gasteiger partial charge in [0.15, 0.2) is 0 Å². The quantitative estimate of drug-likeness (QED) is 0.524. The largest absolute Gasteiger partial charge is 0.491 e. The topological polar surface area (TPSA) is 49.9 Å². The lowest BCUT2D eigenvalue weighted by Gasteiger charge is -2.40. The molecule has 32 heavy (non-hydrogen) atoms. The number of hydrogen-bond donors (Lipinski definition) is 0. The first-order chi connectivity index (χ1) is 15.1. The van der Waals surface area contributed by atoms with Crippen LogP contribution in [0.2, 0.25) is 5.02 Å². The summed E-state index contributed by atoms with van der Waals surface area (Å²) >= 11 is 7.70. The number of amides is 2. The molecule has 7 heteroatoms. The Balaban J connectivity index is 1.79.